The molecule has 3 aromatic rings. The summed E-state index contributed by atoms with van der Waals surface area (Å²) >= 11 is 1.50. The Kier molecular flexibility index (Phi) is 5.00. The lowest BCUT2D eigenvalue weighted by Crippen LogP contribution is -2.39. The van der Waals surface area contributed by atoms with Gasteiger partial charge in [-0.1, -0.05) is 17.3 Å². The predicted molar refractivity (Wildman–Crippen MR) is 102 cm³/mol. The molecule has 7 nitrogen and oxygen atoms in total. The van der Waals surface area contributed by atoms with Gasteiger partial charge in [-0.05, 0) is 39.8 Å². The number of oxazole rings is 1. The summed E-state index contributed by atoms with van der Waals surface area (Å²) in [4.78, 5) is 20.6. The molecule has 0 saturated heterocycles. The summed E-state index contributed by atoms with van der Waals surface area (Å²) in [5.74, 6) is 5.89. The fraction of sp³-hybridized carbons (Fsp3) is 0.389. The lowest BCUT2D eigenvalue weighted by Gasteiger charge is -2.20. The van der Waals surface area contributed by atoms with Crippen LogP contribution in [0.25, 0.3) is 21.3 Å². The second kappa shape index (κ2) is 7.22. The Labute approximate surface area is 155 Å². The quantitative estimate of drug-likeness (QED) is 0.678. The van der Waals surface area contributed by atoms with E-state index in [-0.39, 0.29) is 6.04 Å². The third kappa shape index (κ3) is 4.24. The van der Waals surface area contributed by atoms with E-state index in [0.29, 0.717) is 17.3 Å². The van der Waals surface area contributed by atoms with Crippen LogP contribution in [-0.2, 0) is 4.74 Å². The lowest BCUT2D eigenvalue weighted by molar-refractivity contribution is 0.0528. The van der Waals surface area contributed by atoms with Gasteiger partial charge in [-0.3, -0.25) is 0 Å². The average molecular weight is 372 g/mol. The molecule has 0 saturated carbocycles. The highest BCUT2D eigenvalue weighted by Gasteiger charge is 2.18. The van der Waals surface area contributed by atoms with E-state index in [1.807, 2.05) is 32.9 Å². The van der Waals surface area contributed by atoms with Gasteiger partial charge in [0, 0.05) is 0 Å². The molecule has 0 fully saturated rings. The fourth-order valence-corrected chi connectivity index (χ4v) is 3.26. The third-order valence-electron chi connectivity index (χ3n) is 3.32. The Bertz CT molecular complexity index is 991. The number of anilines is 1. The number of aromatic nitrogens is 2. The highest BCUT2D eigenvalue weighted by molar-refractivity contribution is 7.22. The predicted octanol–water partition coefficient (Wildman–Crippen LogP) is 3.77. The van der Waals surface area contributed by atoms with Crippen molar-refractivity contribution in [1.29, 1.82) is 0 Å². The van der Waals surface area contributed by atoms with E-state index < -0.39 is 11.7 Å². The van der Waals surface area contributed by atoms with E-state index >= 15 is 0 Å². The zero-order valence-corrected chi connectivity index (χ0v) is 15.9. The van der Waals surface area contributed by atoms with Crippen molar-refractivity contribution in [2.24, 2.45) is 0 Å². The van der Waals surface area contributed by atoms with Crippen LogP contribution in [0.15, 0.2) is 22.9 Å². The molecule has 2 N–H and O–H groups in total. The molecule has 2 aromatic heterocycles. The van der Waals surface area contributed by atoms with Gasteiger partial charge >= 0.3 is 6.09 Å². The van der Waals surface area contributed by atoms with Gasteiger partial charge in [0.1, 0.15) is 22.7 Å². The minimum Gasteiger partial charge on any atom is -0.444 e. The number of fused-ring (bicyclic) bond motifs is 3. The topological polar surface area (TPSA) is 89.3 Å². The molecular formula is C18H20N4O3S. The molecule has 136 valence electrons. The maximum Gasteiger partial charge on any atom is 0.407 e. The molecule has 0 aliphatic rings. The standard InChI is InChI=1S/C18H20N4O3S/c1-5-6-11(9-19-17(23)25-18(2,3)4)21-16-22-15-13(26-16)8-7-12-14(15)20-10-24-12/h7-8,10-11H,9H2,1-4H3,(H,19,23)(H,21,22). The average Bonchev–Trinajstić information content (AvgIpc) is 3.16. The van der Waals surface area contributed by atoms with Gasteiger partial charge in [0.2, 0.25) is 0 Å². The molecule has 1 aromatic carbocycles. The number of thiazole rings is 1. The number of carbonyl (C=O) groups is 1. The zero-order valence-electron chi connectivity index (χ0n) is 15.0. The van der Waals surface area contributed by atoms with Crippen molar-refractivity contribution in [1.82, 2.24) is 15.3 Å². The largest absolute Gasteiger partial charge is 0.444 e. The van der Waals surface area contributed by atoms with Gasteiger partial charge in [0.25, 0.3) is 0 Å². The van der Waals surface area contributed by atoms with Gasteiger partial charge in [0.05, 0.1) is 11.2 Å². The number of hydrogen-bond donors (Lipinski definition) is 2. The molecule has 3 rings (SSSR count). The van der Waals surface area contributed by atoms with Crippen LogP contribution in [0.3, 0.4) is 0 Å². The molecule has 0 aliphatic carbocycles. The number of alkyl carbamates (subject to hydrolysis) is 1. The van der Waals surface area contributed by atoms with Crippen molar-refractivity contribution in [2.45, 2.75) is 39.3 Å². The number of nitrogens with one attached hydrogen (secondary N) is 2. The van der Waals surface area contributed by atoms with Gasteiger partial charge < -0.3 is 19.8 Å². The van der Waals surface area contributed by atoms with Crippen molar-refractivity contribution < 1.29 is 13.9 Å². The summed E-state index contributed by atoms with van der Waals surface area (Å²) in [5, 5.41) is 6.68. The van der Waals surface area contributed by atoms with Crippen LogP contribution in [0.1, 0.15) is 27.7 Å². The second-order valence-electron chi connectivity index (χ2n) is 6.60. The number of amides is 1. The third-order valence-corrected chi connectivity index (χ3v) is 4.28. The van der Waals surface area contributed by atoms with E-state index in [4.69, 9.17) is 9.15 Å². The Morgan fingerprint density at radius 2 is 2.19 bits per heavy atom. The second-order valence-corrected chi connectivity index (χ2v) is 7.64. The van der Waals surface area contributed by atoms with Crippen molar-refractivity contribution in [3.05, 3.63) is 18.5 Å². The smallest absolute Gasteiger partial charge is 0.407 e. The summed E-state index contributed by atoms with van der Waals surface area (Å²) in [5.41, 5.74) is 1.68. The van der Waals surface area contributed by atoms with E-state index in [0.717, 1.165) is 15.7 Å². The molecule has 0 bridgehead atoms. The molecule has 26 heavy (non-hydrogen) atoms. The molecule has 0 aliphatic heterocycles. The SMILES string of the molecule is CC#CC(CNC(=O)OC(C)(C)C)Nc1nc2c(ccc3ocnc32)s1. The normalized spacial score (nSPS) is 12.5. The maximum atomic E-state index is 11.8. The maximum absolute atomic E-state index is 11.8. The Morgan fingerprint density at radius 3 is 2.92 bits per heavy atom. The lowest BCUT2D eigenvalue weighted by atomic mass is 10.2. The highest BCUT2D eigenvalue weighted by atomic mass is 32.1. The minimum absolute atomic E-state index is 0.291. The van der Waals surface area contributed by atoms with E-state index in [9.17, 15) is 4.79 Å². The first-order valence-corrected chi connectivity index (χ1v) is 8.96. The van der Waals surface area contributed by atoms with Crippen molar-refractivity contribution >= 4 is 43.9 Å². The van der Waals surface area contributed by atoms with E-state index in [1.54, 1.807) is 6.92 Å². The highest BCUT2D eigenvalue weighted by Crippen LogP contribution is 2.31. The monoisotopic (exact) mass is 372 g/mol. The van der Waals surface area contributed by atoms with Crippen LogP contribution in [-0.4, -0.2) is 34.2 Å². The number of hydrogen-bond acceptors (Lipinski definition) is 7. The van der Waals surface area contributed by atoms with Crippen molar-refractivity contribution in [3.63, 3.8) is 0 Å². The summed E-state index contributed by atoms with van der Waals surface area (Å²) < 4.78 is 11.6. The molecule has 8 heteroatoms. The molecular weight excluding hydrogens is 352 g/mol. The summed E-state index contributed by atoms with van der Waals surface area (Å²) in [7, 11) is 0. The fourth-order valence-electron chi connectivity index (χ4n) is 2.34. The van der Waals surface area contributed by atoms with Crippen LogP contribution < -0.4 is 10.6 Å². The van der Waals surface area contributed by atoms with Crippen LogP contribution in [0.5, 0.6) is 0 Å². The molecule has 0 radical (unpaired) electrons. The van der Waals surface area contributed by atoms with Crippen LogP contribution in [0.4, 0.5) is 9.93 Å². The summed E-state index contributed by atoms with van der Waals surface area (Å²) in [6.45, 7) is 7.50. The molecule has 1 atom stereocenters. The first-order chi connectivity index (χ1) is 12.4. The number of benzene rings is 1. The zero-order chi connectivity index (χ0) is 18.7. The number of carbonyl (C=O) groups excluding carboxylic acids is 1. The van der Waals surface area contributed by atoms with Gasteiger partial charge in [-0.2, -0.15) is 0 Å². The Morgan fingerprint density at radius 1 is 1.38 bits per heavy atom. The van der Waals surface area contributed by atoms with Gasteiger partial charge in [-0.25, -0.2) is 14.8 Å². The van der Waals surface area contributed by atoms with Crippen molar-refractivity contribution in [3.8, 4) is 11.8 Å². The molecule has 1 amide bonds. The first-order valence-electron chi connectivity index (χ1n) is 8.14. The van der Waals surface area contributed by atoms with E-state index in [1.165, 1.54) is 17.7 Å². The van der Waals surface area contributed by atoms with Crippen LogP contribution in [0, 0.1) is 11.8 Å². The molecule has 1 unspecified atom stereocenters. The van der Waals surface area contributed by atoms with Crippen LogP contribution >= 0.6 is 11.3 Å². The molecule has 0 spiro atoms. The number of ether oxygens (including phenoxy) is 1. The van der Waals surface area contributed by atoms with Crippen LogP contribution in [0.2, 0.25) is 0 Å². The first kappa shape index (κ1) is 18.0. The Balaban J connectivity index is 1.72. The minimum atomic E-state index is -0.542. The van der Waals surface area contributed by atoms with Gasteiger partial charge in [-0.15, -0.1) is 5.92 Å². The van der Waals surface area contributed by atoms with Gasteiger partial charge in [0.15, 0.2) is 17.1 Å². The van der Waals surface area contributed by atoms with Crippen molar-refractivity contribution in [2.75, 3.05) is 11.9 Å². The summed E-state index contributed by atoms with van der Waals surface area (Å²) in [6.07, 6.45) is 0.933. The summed E-state index contributed by atoms with van der Waals surface area (Å²) in [6, 6.07) is 3.53. The Hall–Kier alpha value is -2.79. The molecule has 2 heterocycles. The van der Waals surface area contributed by atoms with E-state index in [2.05, 4.69) is 32.4 Å². The number of nitrogens with zero attached hydrogens (tertiary/aromatic N) is 2. The number of rotatable bonds is 4.